The third kappa shape index (κ3) is 4.95. The van der Waals surface area contributed by atoms with Crippen LogP contribution in [-0.2, 0) is 11.3 Å². The van der Waals surface area contributed by atoms with Gasteiger partial charge in [-0.3, -0.25) is 4.79 Å². The van der Waals surface area contributed by atoms with Gasteiger partial charge in [-0.1, -0.05) is 44.2 Å². The molecule has 3 N–H and O–H groups in total. The highest BCUT2D eigenvalue weighted by molar-refractivity contribution is 5.79. The Kier molecular flexibility index (Phi) is 5.42. The van der Waals surface area contributed by atoms with E-state index in [0.717, 1.165) is 5.56 Å². The van der Waals surface area contributed by atoms with Gasteiger partial charge < -0.3 is 11.1 Å². The maximum absolute atomic E-state index is 12.8. The quantitative estimate of drug-likeness (QED) is 0.799. The molecular weight excluding hydrogens is 250 g/mol. The normalized spacial score (nSPS) is 13.5. The van der Waals surface area contributed by atoms with E-state index in [1.165, 1.54) is 13.8 Å². The van der Waals surface area contributed by atoms with E-state index in [2.05, 4.69) is 5.32 Å². The molecule has 3 nitrogen and oxygen atoms in total. The van der Waals surface area contributed by atoms with Crippen molar-refractivity contribution < 1.29 is 13.6 Å². The maximum Gasteiger partial charge on any atom is 0.243 e. The first kappa shape index (κ1) is 15.6. The lowest BCUT2D eigenvalue weighted by molar-refractivity contribution is -0.121. The second-order valence-electron chi connectivity index (χ2n) is 5.31. The zero-order chi connectivity index (χ0) is 14.5. The number of carbonyl (C=O) groups excluding carboxylic acids is 1. The number of primary amides is 1. The van der Waals surface area contributed by atoms with Crippen LogP contribution in [0.1, 0.15) is 25.8 Å². The van der Waals surface area contributed by atoms with E-state index in [9.17, 15) is 13.6 Å². The fourth-order valence-corrected chi connectivity index (χ4v) is 1.73. The lowest BCUT2D eigenvalue weighted by Crippen LogP contribution is -2.45. The molecule has 0 radical (unpaired) electrons. The fourth-order valence-electron chi connectivity index (χ4n) is 1.73. The fraction of sp³-hybridized carbons (Fsp3) is 0.500. The first-order valence-electron chi connectivity index (χ1n) is 6.17. The van der Waals surface area contributed by atoms with Gasteiger partial charge in [0, 0.05) is 12.0 Å². The van der Waals surface area contributed by atoms with Crippen LogP contribution in [0.5, 0.6) is 0 Å². The van der Waals surface area contributed by atoms with Crippen LogP contribution in [0, 0.1) is 5.41 Å². The third-order valence-corrected chi connectivity index (χ3v) is 3.06. The van der Waals surface area contributed by atoms with Gasteiger partial charge in [0.05, 0.1) is 6.04 Å². The summed E-state index contributed by atoms with van der Waals surface area (Å²) in [7, 11) is 0. The van der Waals surface area contributed by atoms with Crippen LogP contribution >= 0.6 is 0 Å². The molecule has 0 saturated carbocycles. The lowest BCUT2D eigenvalue weighted by Gasteiger charge is -2.28. The molecule has 0 aliphatic rings. The summed E-state index contributed by atoms with van der Waals surface area (Å²) in [5.41, 5.74) is 4.99. The number of carbonyl (C=O) groups is 1. The number of amides is 1. The van der Waals surface area contributed by atoms with E-state index in [-0.39, 0.29) is 6.42 Å². The van der Waals surface area contributed by atoms with Crippen molar-refractivity contribution in [3.05, 3.63) is 35.9 Å². The Hall–Kier alpha value is -1.49. The Bertz CT molecular complexity index is 407. The Balaban J connectivity index is 2.62. The Morgan fingerprint density at radius 1 is 1.32 bits per heavy atom. The smallest absolute Gasteiger partial charge is 0.243 e. The van der Waals surface area contributed by atoms with Gasteiger partial charge in [-0.05, 0) is 12.0 Å². The van der Waals surface area contributed by atoms with Crippen molar-refractivity contribution in [3.8, 4) is 0 Å². The van der Waals surface area contributed by atoms with Crippen molar-refractivity contribution in [1.29, 1.82) is 0 Å². The molecule has 0 heterocycles. The van der Waals surface area contributed by atoms with Crippen LogP contribution in [0.25, 0.3) is 0 Å². The van der Waals surface area contributed by atoms with Gasteiger partial charge >= 0.3 is 0 Å². The highest BCUT2D eigenvalue weighted by Crippen LogP contribution is 2.30. The average molecular weight is 270 g/mol. The van der Waals surface area contributed by atoms with Crippen LogP contribution < -0.4 is 11.1 Å². The predicted octanol–water partition coefficient (Wildman–Crippen LogP) is 2.31. The van der Waals surface area contributed by atoms with Crippen LogP contribution in [0.3, 0.4) is 0 Å². The van der Waals surface area contributed by atoms with Crippen LogP contribution in [0.2, 0.25) is 0 Å². The minimum Gasteiger partial charge on any atom is -0.368 e. The number of alkyl halides is 2. The average Bonchev–Trinajstić information content (AvgIpc) is 2.35. The summed E-state index contributed by atoms with van der Waals surface area (Å²) in [6.45, 7) is 3.28. The van der Waals surface area contributed by atoms with Gasteiger partial charge in [-0.15, -0.1) is 0 Å². The van der Waals surface area contributed by atoms with E-state index >= 15 is 0 Å². The van der Waals surface area contributed by atoms with Crippen molar-refractivity contribution in [3.63, 3.8) is 0 Å². The van der Waals surface area contributed by atoms with Crippen molar-refractivity contribution in [2.45, 2.75) is 39.3 Å². The molecule has 1 amide bonds. The second-order valence-corrected chi connectivity index (χ2v) is 5.31. The number of nitrogens with one attached hydrogen (secondary N) is 1. The molecule has 0 spiro atoms. The summed E-state index contributed by atoms with van der Waals surface area (Å²) in [5.74, 6) is -0.607. The number of hydrogen-bond donors (Lipinski definition) is 2. The monoisotopic (exact) mass is 270 g/mol. The van der Waals surface area contributed by atoms with E-state index in [1.54, 1.807) is 0 Å². The SMILES string of the molecule is CC(C)(C[C@H](NCc1ccccc1)C(N)=O)C(F)F. The Morgan fingerprint density at radius 2 is 1.89 bits per heavy atom. The third-order valence-electron chi connectivity index (χ3n) is 3.06. The zero-order valence-corrected chi connectivity index (χ0v) is 11.2. The number of rotatable bonds is 7. The molecule has 0 saturated heterocycles. The van der Waals surface area contributed by atoms with Gasteiger partial charge in [0.25, 0.3) is 0 Å². The minimum atomic E-state index is -2.49. The maximum atomic E-state index is 12.8. The van der Waals surface area contributed by atoms with Crippen molar-refractivity contribution in [2.75, 3.05) is 0 Å². The molecule has 0 fully saturated rings. The highest BCUT2D eigenvalue weighted by atomic mass is 19.3. The zero-order valence-electron chi connectivity index (χ0n) is 11.2. The van der Waals surface area contributed by atoms with Crippen LogP contribution in [0.4, 0.5) is 8.78 Å². The van der Waals surface area contributed by atoms with Crippen molar-refractivity contribution in [1.82, 2.24) is 5.32 Å². The molecule has 19 heavy (non-hydrogen) atoms. The second kappa shape index (κ2) is 6.61. The van der Waals surface area contributed by atoms with E-state index < -0.39 is 23.8 Å². The number of hydrogen-bond acceptors (Lipinski definition) is 2. The van der Waals surface area contributed by atoms with E-state index in [1.807, 2.05) is 30.3 Å². The van der Waals surface area contributed by atoms with Gasteiger partial charge in [0.1, 0.15) is 0 Å². The minimum absolute atomic E-state index is 0.00678. The van der Waals surface area contributed by atoms with Crippen molar-refractivity contribution >= 4 is 5.91 Å². The van der Waals surface area contributed by atoms with Gasteiger partial charge in [-0.2, -0.15) is 0 Å². The van der Waals surface area contributed by atoms with E-state index in [4.69, 9.17) is 5.73 Å². The molecule has 106 valence electrons. The summed E-state index contributed by atoms with van der Waals surface area (Å²) in [4.78, 5) is 11.3. The molecule has 0 aromatic heterocycles. The molecule has 0 unspecified atom stereocenters. The largest absolute Gasteiger partial charge is 0.368 e. The molecule has 1 atom stereocenters. The first-order valence-corrected chi connectivity index (χ1v) is 6.17. The summed E-state index contributed by atoms with van der Waals surface area (Å²) < 4.78 is 25.6. The molecule has 1 rings (SSSR count). The number of nitrogens with two attached hydrogens (primary N) is 1. The molecule has 5 heteroatoms. The molecule has 0 aliphatic heterocycles. The first-order chi connectivity index (χ1) is 8.83. The lowest BCUT2D eigenvalue weighted by atomic mass is 9.86. The van der Waals surface area contributed by atoms with Gasteiger partial charge in [0.2, 0.25) is 12.3 Å². The Morgan fingerprint density at radius 3 is 2.37 bits per heavy atom. The highest BCUT2D eigenvalue weighted by Gasteiger charge is 2.34. The molecule has 0 aliphatic carbocycles. The standard InChI is InChI=1S/C14H20F2N2O/c1-14(2,13(15)16)8-11(12(17)19)18-9-10-6-4-3-5-7-10/h3-7,11,13,18H,8-9H2,1-2H3,(H2,17,19)/t11-/m0/s1. The topological polar surface area (TPSA) is 55.1 Å². The summed E-state index contributed by atoms with van der Waals surface area (Å²) >= 11 is 0. The molecule has 1 aromatic carbocycles. The summed E-state index contributed by atoms with van der Waals surface area (Å²) in [6.07, 6.45) is -2.49. The molecule has 1 aromatic rings. The van der Waals surface area contributed by atoms with Gasteiger partial charge in [-0.25, -0.2) is 8.78 Å². The number of halogens is 2. The predicted molar refractivity (Wildman–Crippen MR) is 70.7 cm³/mol. The molecule has 0 bridgehead atoms. The summed E-state index contributed by atoms with van der Waals surface area (Å²) in [5, 5.41) is 2.94. The van der Waals surface area contributed by atoms with Crippen LogP contribution in [0.15, 0.2) is 30.3 Å². The number of benzene rings is 1. The van der Waals surface area contributed by atoms with Crippen LogP contribution in [-0.4, -0.2) is 18.4 Å². The molecular formula is C14H20F2N2O. The van der Waals surface area contributed by atoms with E-state index in [0.29, 0.717) is 6.54 Å². The Labute approximate surface area is 112 Å². The summed E-state index contributed by atoms with van der Waals surface area (Å²) in [6, 6.07) is 8.66. The van der Waals surface area contributed by atoms with Gasteiger partial charge in [0.15, 0.2) is 0 Å². The van der Waals surface area contributed by atoms with Crippen molar-refractivity contribution in [2.24, 2.45) is 11.1 Å².